The number of amides is 1. The smallest absolute Gasteiger partial charge is 0.225 e. The van der Waals surface area contributed by atoms with Crippen molar-refractivity contribution in [1.29, 1.82) is 0 Å². The van der Waals surface area contributed by atoms with E-state index in [2.05, 4.69) is 25.3 Å². The summed E-state index contributed by atoms with van der Waals surface area (Å²) < 4.78 is 1.71. The van der Waals surface area contributed by atoms with Gasteiger partial charge in [-0.15, -0.1) is 11.3 Å². The number of piperidine rings is 1. The van der Waals surface area contributed by atoms with Crippen molar-refractivity contribution >= 4 is 23.1 Å². The van der Waals surface area contributed by atoms with Gasteiger partial charge in [-0.1, -0.05) is 6.07 Å². The Morgan fingerprint density at radius 2 is 2.23 bits per heavy atom. The van der Waals surface area contributed by atoms with E-state index in [1.54, 1.807) is 28.5 Å². The normalized spacial score (nSPS) is 17.2. The zero-order valence-electron chi connectivity index (χ0n) is 14.3. The molecule has 1 saturated heterocycles. The Kier molecular flexibility index (Phi) is 4.92. The summed E-state index contributed by atoms with van der Waals surface area (Å²) in [4.78, 5) is 24.5. The van der Waals surface area contributed by atoms with Gasteiger partial charge in [0.25, 0.3) is 0 Å². The molecule has 0 aromatic carbocycles. The van der Waals surface area contributed by atoms with E-state index in [0.717, 1.165) is 31.0 Å². The van der Waals surface area contributed by atoms with Crippen LogP contribution in [-0.4, -0.2) is 38.7 Å². The predicted octanol–water partition coefficient (Wildman–Crippen LogP) is 2.26. The fourth-order valence-electron chi connectivity index (χ4n) is 3.17. The summed E-state index contributed by atoms with van der Waals surface area (Å²) in [5.41, 5.74) is 0. The molecule has 1 aliphatic heterocycles. The molecule has 26 heavy (non-hydrogen) atoms. The number of rotatable bonds is 5. The van der Waals surface area contributed by atoms with Crippen LogP contribution in [0.1, 0.15) is 17.7 Å². The fraction of sp³-hybridized carbons (Fsp3) is 0.333. The first-order valence-electron chi connectivity index (χ1n) is 8.67. The molecule has 8 heteroatoms. The lowest BCUT2D eigenvalue weighted by Crippen LogP contribution is -2.43. The maximum absolute atomic E-state index is 12.5. The number of anilines is 1. The topological polar surface area (TPSA) is 75.9 Å². The molecule has 0 bridgehead atoms. The molecule has 0 aliphatic carbocycles. The number of aromatic nitrogens is 4. The Balaban J connectivity index is 1.42. The molecule has 1 atom stereocenters. The Bertz CT molecular complexity index is 848. The van der Waals surface area contributed by atoms with E-state index in [9.17, 15) is 4.79 Å². The third-order valence-corrected chi connectivity index (χ3v) is 5.39. The molecule has 3 aromatic heterocycles. The molecule has 7 nitrogen and oxygen atoms in total. The molecule has 0 unspecified atom stereocenters. The molecule has 3 aromatic rings. The molecule has 1 fully saturated rings. The van der Waals surface area contributed by atoms with Crippen molar-refractivity contribution < 1.29 is 4.79 Å². The summed E-state index contributed by atoms with van der Waals surface area (Å²) >= 11 is 1.66. The summed E-state index contributed by atoms with van der Waals surface area (Å²) in [7, 11) is 0. The highest BCUT2D eigenvalue weighted by Crippen LogP contribution is 2.23. The minimum atomic E-state index is -0.0215. The average molecular weight is 368 g/mol. The maximum Gasteiger partial charge on any atom is 0.225 e. The number of carbonyl (C=O) groups excluding carboxylic acids is 1. The van der Waals surface area contributed by atoms with Gasteiger partial charge in [-0.05, 0) is 30.4 Å². The SMILES string of the molecule is O=C(NCc1cccs1)[C@@H]1CCCN(c2cc(-n3cccn3)ncn2)C1. The van der Waals surface area contributed by atoms with E-state index >= 15 is 0 Å². The number of carbonyl (C=O) groups is 1. The zero-order valence-corrected chi connectivity index (χ0v) is 15.1. The van der Waals surface area contributed by atoms with Crippen LogP contribution in [0.2, 0.25) is 0 Å². The first-order chi connectivity index (χ1) is 12.8. The quantitative estimate of drug-likeness (QED) is 0.748. The molecule has 1 aliphatic rings. The highest BCUT2D eigenvalue weighted by molar-refractivity contribution is 7.09. The minimum absolute atomic E-state index is 0.0215. The molecule has 1 N–H and O–H groups in total. The van der Waals surface area contributed by atoms with Gasteiger partial charge in [-0.25, -0.2) is 14.6 Å². The highest BCUT2D eigenvalue weighted by atomic mass is 32.1. The summed E-state index contributed by atoms with van der Waals surface area (Å²) in [6, 6.07) is 7.81. The number of hydrogen-bond donors (Lipinski definition) is 1. The van der Waals surface area contributed by atoms with Gasteiger partial charge < -0.3 is 10.2 Å². The lowest BCUT2D eigenvalue weighted by molar-refractivity contribution is -0.125. The lowest BCUT2D eigenvalue weighted by atomic mass is 9.97. The maximum atomic E-state index is 12.5. The van der Waals surface area contributed by atoms with E-state index in [1.165, 1.54) is 4.88 Å². The predicted molar refractivity (Wildman–Crippen MR) is 100 cm³/mol. The first-order valence-corrected chi connectivity index (χ1v) is 9.54. The number of nitrogens with one attached hydrogen (secondary N) is 1. The van der Waals surface area contributed by atoms with Gasteiger partial charge >= 0.3 is 0 Å². The zero-order chi connectivity index (χ0) is 17.8. The van der Waals surface area contributed by atoms with E-state index in [1.807, 2.05) is 35.8 Å². The van der Waals surface area contributed by atoms with Gasteiger partial charge in [0.05, 0.1) is 12.5 Å². The van der Waals surface area contributed by atoms with Crippen LogP contribution in [0.25, 0.3) is 5.82 Å². The van der Waals surface area contributed by atoms with Gasteiger partial charge in [0.2, 0.25) is 5.91 Å². The fourth-order valence-corrected chi connectivity index (χ4v) is 3.82. The largest absolute Gasteiger partial charge is 0.356 e. The van der Waals surface area contributed by atoms with Crippen molar-refractivity contribution in [3.63, 3.8) is 0 Å². The van der Waals surface area contributed by atoms with E-state index in [0.29, 0.717) is 13.1 Å². The Labute approximate surface area is 155 Å². The van der Waals surface area contributed by atoms with Crippen LogP contribution in [0, 0.1) is 5.92 Å². The second-order valence-corrected chi connectivity index (χ2v) is 7.30. The van der Waals surface area contributed by atoms with E-state index in [-0.39, 0.29) is 11.8 Å². The number of thiophene rings is 1. The second kappa shape index (κ2) is 7.65. The Hall–Kier alpha value is -2.74. The van der Waals surface area contributed by atoms with Crippen LogP contribution in [-0.2, 0) is 11.3 Å². The number of hydrogen-bond acceptors (Lipinski definition) is 6. The van der Waals surface area contributed by atoms with Crippen molar-refractivity contribution in [3.8, 4) is 5.82 Å². The molecular weight excluding hydrogens is 348 g/mol. The van der Waals surface area contributed by atoms with Crippen molar-refractivity contribution in [2.45, 2.75) is 19.4 Å². The Morgan fingerprint density at radius 1 is 1.31 bits per heavy atom. The van der Waals surface area contributed by atoms with Gasteiger partial charge in [0, 0.05) is 36.4 Å². The van der Waals surface area contributed by atoms with Crippen LogP contribution < -0.4 is 10.2 Å². The molecule has 4 rings (SSSR count). The van der Waals surface area contributed by atoms with Gasteiger partial charge in [0.15, 0.2) is 5.82 Å². The van der Waals surface area contributed by atoms with Crippen LogP contribution in [0.15, 0.2) is 48.4 Å². The molecule has 0 saturated carbocycles. The molecule has 1 amide bonds. The standard InChI is InChI=1S/C18H20N6OS/c25-18(19-11-15-5-2-9-26-15)14-4-1-7-23(12-14)16-10-17(21-13-20-16)24-8-3-6-22-24/h2-3,5-6,8-10,13-14H,1,4,7,11-12H2,(H,19,25)/t14-/m1/s1. The van der Waals surface area contributed by atoms with Crippen LogP contribution in [0.5, 0.6) is 0 Å². The minimum Gasteiger partial charge on any atom is -0.356 e. The second-order valence-electron chi connectivity index (χ2n) is 6.27. The average Bonchev–Trinajstić information content (AvgIpc) is 3.40. The highest BCUT2D eigenvalue weighted by Gasteiger charge is 2.26. The van der Waals surface area contributed by atoms with Crippen molar-refractivity contribution in [3.05, 3.63) is 53.2 Å². The third kappa shape index (κ3) is 3.75. The third-order valence-electron chi connectivity index (χ3n) is 4.51. The van der Waals surface area contributed by atoms with Crippen molar-refractivity contribution in [1.82, 2.24) is 25.1 Å². The number of nitrogens with zero attached hydrogens (tertiary/aromatic N) is 5. The molecule has 4 heterocycles. The van der Waals surface area contributed by atoms with E-state index in [4.69, 9.17) is 0 Å². The first kappa shape index (κ1) is 16.7. The monoisotopic (exact) mass is 368 g/mol. The van der Waals surface area contributed by atoms with Crippen molar-refractivity contribution in [2.75, 3.05) is 18.0 Å². The van der Waals surface area contributed by atoms with Gasteiger partial charge in [0.1, 0.15) is 12.1 Å². The summed E-state index contributed by atoms with van der Waals surface area (Å²) in [6.45, 7) is 2.17. The molecule has 0 spiro atoms. The molecule has 134 valence electrons. The molecule has 0 radical (unpaired) electrons. The lowest BCUT2D eigenvalue weighted by Gasteiger charge is -2.32. The van der Waals surface area contributed by atoms with Crippen LogP contribution >= 0.6 is 11.3 Å². The summed E-state index contributed by atoms with van der Waals surface area (Å²) in [6.07, 6.45) is 6.99. The summed E-state index contributed by atoms with van der Waals surface area (Å²) in [5.74, 6) is 1.65. The molecular formula is C18H20N6OS. The summed E-state index contributed by atoms with van der Waals surface area (Å²) in [5, 5.41) is 9.29. The van der Waals surface area contributed by atoms with Gasteiger partial charge in [-0.2, -0.15) is 5.10 Å². The van der Waals surface area contributed by atoms with Crippen molar-refractivity contribution in [2.24, 2.45) is 5.92 Å². The van der Waals surface area contributed by atoms with E-state index < -0.39 is 0 Å². The van der Waals surface area contributed by atoms with Crippen LogP contribution in [0.3, 0.4) is 0 Å². The van der Waals surface area contributed by atoms with Gasteiger partial charge in [-0.3, -0.25) is 4.79 Å². The Morgan fingerprint density at radius 3 is 3.04 bits per heavy atom. The van der Waals surface area contributed by atoms with Crippen LogP contribution in [0.4, 0.5) is 5.82 Å².